The molecular weight excluding hydrogens is 417 g/mol. The lowest BCUT2D eigenvalue weighted by molar-refractivity contribution is -0.132. The summed E-state index contributed by atoms with van der Waals surface area (Å²) >= 11 is 0. The second-order valence-corrected chi connectivity index (χ2v) is 10.0. The first kappa shape index (κ1) is 22.7. The highest BCUT2D eigenvalue weighted by molar-refractivity contribution is 5.78. The molecule has 4 rings (SSSR count). The number of carbonyl (C=O) groups is 1. The number of nitrogens with one attached hydrogen (secondary N) is 1. The molecule has 2 aromatic rings. The quantitative estimate of drug-likeness (QED) is 0.732. The molecule has 2 aliphatic heterocycles. The zero-order valence-electron chi connectivity index (χ0n) is 18.8. The molecule has 0 bridgehead atoms. The Morgan fingerprint density at radius 3 is 2.75 bits per heavy atom. The van der Waals surface area contributed by atoms with Crippen LogP contribution in [-0.2, 0) is 16.6 Å². The first-order valence-electron chi connectivity index (χ1n) is 11.3. The van der Waals surface area contributed by atoms with Gasteiger partial charge in [0.1, 0.15) is 17.7 Å². The monoisotopic (exact) mass is 448 g/mol. The third-order valence-electron chi connectivity index (χ3n) is 6.56. The summed E-state index contributed by atoms with van der Waals surface area (Å²) in [6, 6.07) is 6.81. The third kappa shape index (κ3) is 4.79. The molecule has 0 unspecified atom stereocenters. The molecule has 0 spiro atoms. The number of amides is 1. The van der Waals surface area contributed by atoms with Crippen LogP contribution in [0.15, 0.2) is 30.3 Å². The second kappa shape index (κ2) is 8.79. The second-order valence-electron chi connectivity index (χ2n) is 10.0. The summed E-state index contributed by atoms with van der Waals surface area (Å²) in [4.78, 5) is 14.6. The summed E-state index contributed by atoms with van der Waals surface area (Å²) in [7, 11) is 0. The van der Waals surface area contributed by atoms with E-state index < -0.39 is 12.5 Å². The molecule has 1 fully saturated rings. The average molecular weight is 449 g/mol. The van der Waals surface area contributed by atoms with Gasteiger partial charge in [-0.2, -0.15) is 5.10 Å². The van der Waals surface area contributed by atoms with Crippen LogP contribution in [-0.4, -0.2) is 46.1 Å². The molecule has 5 nitrogen and oxygen atoms in total. The molecule has 0 aliphatic carbocycles. The Morgan fingerprint density at radius 1 is 1.28 bits per heavy atom. The number of carbonyl (C=O) groups excluding carboxylic acids is 1. The number of piperidine rings is 1. The highest BCUT2D eigenvalue weighted by Gasteiger charge is 2.39. The van der Waals surface area contributed by atoms with Crippen molar-refractivity contribution in [1.82, 2.24) is 14.7 Å². The molecule has 174 valence electrons. The van der Waals surface area contributed by atoms with Gasteiger partial charge in [0.05, 0.1) is 12.1 Å². The van der Waals surface area contributed by atoms with Crippen LogP contribution in [0.25, 0.3) is 0 Å². The average Bonchev–Trinajstić information content (AvgIpc) is 3.18. The van der Waals surface area contributed by atoms with Crippen molar-refractivity contribution < 1.29 is 18.0 Å². The third-order valence-corrected chi connectivity index (χ3v) is 6.56. The number of aromatic nitrogens is 2. The van der Waals surface area contributed by atoms with Crippen LogP contribution >= 0.6 is 0 Å². The maximum absolute atomic E-state index is 13.9. The van der Waals surface area contributed by atoms with Crippen LogP contribution in [0.2, 0.25) is 0 Å². The number of likely N-dealkylation sites (tertiary alicyclic amines) is 1. The molecule has 1 amide bonds. The minimum Gasteiger partial charge on any atom is -0.367 e. The topological polar surface area (TPSA) is 50.2 Å². The Morgan fingerprint density at radius 2 is 2.06 bits per heavy atom. The van der Waals surface area contributed by atoms with E-state index in [0.29, 0.717) is 24.5 Å². The fourth-order valence-corrected chi connectivity index (χ4v) is 4.75. The molecule has 0 radical (unpaired) electrons. The van der Waals surface area contributed by atoms with Crippen LogP contribution in [0, 0.1) is 11.7 Å². The molecule has 2 aliphatic rings. The number of hydrogen-bond acceptors (Lipinski definition) is 3. The Bertz CT molecular complexity index is 968. The van der Waals surface area contributed by atoms with E-state index in [9.17, 15) is 18.0 Å². The van der Waals surface area contributed by atoms with Gasteiger partial charge >= 0.3 is 0 Å². The zero-order valence-corrected chi connectivity index (χ0v) is 18.8. The van der Waals surface area contributed by atoms with E-state index in [1.165, 1.54) is 16.8 Å². The van der Waals surface area contributed by atoms with Crippen molar-refractivity contribution in [2.24, 2.45) is 5.92 Å². The summed E-state index contributed by atoms with van der Waals surface area (Å²) in [6.45, 7) is 7.20. The van der Waals surface area contributed by atoms with E-state index in [2.05, 4.69) is 10.4 Å². The van der Waals surface area contributed by atoms with Crippen molar-refractivity contribution in [2.75, 3.05) is 18.4 Å². The van der Waals surface area contributed by atoms with E-state index in [1.54, 1.807) is 17.0 Å². The van der Waals surface area contributed by atoms with Crippen molar-refractivity contribution in [1.29, 1.82) is 0 Å². The summed E-state index contributed by atoms with van der Waals surface area (Å²) in [5.41, 5.74) is 1.19. The van der Waals surface area contributed by atoms with Crippen LogP contribution in [0.5, 0.6) is 0 Å². The van der Waals surface area contributed by atoms with Gasteiger partial charge < -0.3 is 10.2 Å². The molecule has 0 saturated carbocycles. The van der Waals surface area contributed by atoms with Crippen molar-refractivity contribution in [3.05, 3.63) is 47.4 Å². The first-order chi connectivity index (χ1) is 15.1. The number of fused-ring (bicyclic) bond motifs is 1. The number of nitrogens with zero attached hydrogens (tertiary/aromatic N) is 3. The number of hydrogen-bond donors (Lipinski definition) is 1. The predicted octanol–water partition coefficient (Wildman–Crippen LogP) is 4.79. The fraction of sp³-hybridized carbons (Fsp3) is 0.583. The Labute approximate surface area is 187 Å². The highest BCUT2D eigenvalue weighted by atomic mass is 19.3. The molecular formula is C24H31F3N4O. The first-order valence-corrected chi connectivity index (χ1v) is 11.3. The lowest BCUT2D eigenvalue weighted by atomic mass is 9.85. The summed E-state index contributed by atoms with van der Waals surface area (Å²) in [5, 5.41) is 7.92. The molecule has 1 aromatic heterocycles. The minimum absolute atomic E-state index is 0.0541. The summed E-state index contributed by atoms with van der Waals surface area (Å²) < 4.78 is 42.8. The van der Waals surface area contributed by atoms with Gasteiger partial charge in [0, 0.05) is 30.6 Å². The Balaban J connectivity index is 1.48. The lowest BCUT2D eigenvalue weighted by Gasteiger charge is -2.41. The molecule has 1 N–H and O–H groups in total. The normalized spacial score (nSPS) is 23.7. The molecule has 32 heavy (non-hydrogen) atoms. The smallest absolute Gasteiger partial charge is 0.260 e. The van der Waals surface area contributed by atoms with Gasteiger partial charge in [0.15, 0.2) is 0 Å². The zero-order chi connectivity index (χ0) is 23.0. The standard InChI is InChI=1S/C24H31F3N4O/c1-24(2,3)20-13-21-28-18(12-19(23(26)27)31(21)29-20)16-7-5-9-30(14-16)22(32)11-15-6-4-8-17(25)10-15/h4,6,8,10,13,16,18-19,23,28H,5,7,9,11-12,14H2,1-3H3/t16-,18-,19+/m0/s1. The number of benzene rings is 1. The molecule has 3 heterocycles. The van der Waals surface area contributed by atoms with Crippen molar-refractivity contribution in [3.8, 4) is 0 Å². The highest BCUT2D eigenvalue weighted by Crippen LogP contribution is 2.38. The number of alkyl halides is 2. The van der Waals surface area contributed by atoms with Crippen LogP contribution in [0.1, 0.15) is 57.3 Å². The molecule has 1 aromatic carbocycles. The van der Waals surface area contributed by atoms with Crippen molar-refractivity contribution in [3.63, 3.8) is 0 Å². The fourth-order valence-electron chi connectivity index (χ4n) is 4.75. The van der Waals surface area contributed by atoms with Crippen molar-refractivity contribution >= 4 is 11.7 Å². The summed E-state index contributed by atoms with van der Waals surface area (Å²) in [6.07, 6.45) is -0.405. The minimum atomic E-state index is -2.51. The lowest BCUT2D eigenvalue weighted by Crippen LogP contribution is -2.48. The van der Waals surface area contributed by atoms with Crippen LogP contribution in [0.4, 0.5) is 19.0 Å². The maximum atomic E-state index is 13.9. The van der Waals surface area contributed by atoms with Gasteiger partial charge in [-0.25, -0.2) is 17.9 Å². The number of anilines is 1. The predicted molar refractivity (Wildman–Crippen MR) is 117 cm³/mol. The molecule has 1 saturated heterocycles. The Kier molecular flexibility index (Phi) is 6.23. The van der Waals surface area contributed by atoms with Gasteiger partial charge in [-0.1, -0.05) is 32.9 Å². The number of halogens is 3. The van der Waals surface area contributed by atoms with E-state index in [4.69, 9.17) is 0 Å². The van der Waals surface area contributed by atoms with Gasteiger partial charge in [0.25, 0.3) is 6.43 Å². The van der Waals surface area contributed by atoms with Gasteiger partial charge in [0.2, 0.25) is 5.91 Å². The van der Waals surface area contributed by atoms with Crippen LogP contribution < -0.4 is 5.32 Å². The Hall–Kier alpha value is -2.51. The SMILES string of the molecule is CC(C)(C)c1cc2n(n1)[C@@H](C(F)F)C[C@@H]([C@H]1CCCN(C(=O)Cc3cccc(F)c3)C1)N2. The molecule has 8 heteroatoms. The van der Waals surface area contributed by atoms with Crippen LogP contribution in [0.3, 0.4) is 0 Å². The van der Waals surface area contributed by atoms with E-state index in [-0.39, 0.29) is 41.9 Å². The number of rotatable bonds is 4. The molecule has 3 atom stereocenters. The summed E-state index contributed by atoms with van der Waals surface area (Å²) in [5.74, 6) is 0.284. The van der Waals surface area contributed by atoms with E-state index in [1.807, 2.05) is 26.8 Å². The largest absolute Gasteiger partial charge is 0.367 e. The van der Waals surface area contributed by atoms with E-state index in [0.717, 1.165) is 18.5 Å². The van der Waals surface area contributed by atoms with E-state index >= 15 is 0 Å². The van der Waals surface area contributed by atoms with Gasteiger partial charge in [-0.05, 0) is 42.9 Å². The van der Waals surface area contributed by atoms with Gasteiger partial charge in [-0.3, -0.25) is 4.79 Å². The maximum Gasteiger partial charge on any atom is 0.260 e. The van der Waals surface area contributed by atoms with Gasteiger partial charge in [-0.15, -0.1) is 0 Å². The van der Waals surface area contributed by atoms with Crippen molar-refractivity contribution in [2.45, 2.75) is 70.4 Å².